The van der Waals surface area contributed by atoms with E-state index in [1.54, 1.807) is 0 Å². The van der Waals surface area contributed by atoms with E-state index in [9.17, 15) is 9.59 Å². The first-order valence-electron chi connectivity index (χ1n) is 6.49. The van der Waals surface area contributed by atoms with Crippen molar-refractivity contribution in [2.75, 3.05) is 47.8 Å². The van der Waals surface area contributed by atoms with Gasteiger partial charge in [0.15, 0.2) is 0 Å². The van der Waals surface area contributed by atoms with Crippen molar-refractivity contribution in [3.05, 3.63) is 0 Å². The lowest BCUT2D eigenvalue weighted by molar-refractivity contribution is -0.122. The zero-order valence-electron chi connectivity index (χ0n) is 12.2. The highest BCUT2D eigenvalue weighted by molar-refractivity contribution is 5.80. The van der Waals surface area contributed by atoms with E-state index >= 15 is 0 Å². The van der Waals surface area contributed by atoms with Gasteiger partial charge in [-0.2, -0.15) is 0 Å². The van der Waals surface area contributed by atoms with Crippen LogP contribution in [0.2, 0.25) is 0 Å². The zero-order valence-corrected chi connectivity index (χ0v) is 12.2. The second-order valence-corrected chi connectivity index (χ2v) is 5.17. The van der Waals surface area contributed by atoms with Crippen LogP contribution in [0.3, 0.4) is 0 Å². The quantitative estimate of drug-likeness (QED) is 0.574. The van der Waals surface area contributed by atoms with Crippen LogP contribution in [0.1, 0.15) is 25.7 Å². The van der Waals surface area contributed by atoms with Crippen LogP contribution >= 0.6 is 0 Å². The van der Waals surface area contributed by atoms with Gasteiger partial charge in [0.2, 0.25) is 5.91 Å². The Labute approximate surface area is 111 Å². The van der Waals surface area contributed by atoms with Gasteiger partial charge in [-0.15, -0.1) is 0 Å². The predicted molar refractivity (Wildman–Crippen MR) is 73.6 cm³/mol. The molecular formula is C13H27N3O2. The van der Waals surface area contributed by atoms with Crippen LogP contribution in [0.4, 0.5) is 0 Å². The summed E-state index contributed by atoms with van der Waals surface area (Å²) < 4.78 is 0. The normalized spacial score (nSPS) is 11.0. The van der Waals surface area contributed by atoms with Crippen molar-refractivity contribution in [1.82, 2.24) is 15.1 Å². The van der Waals surface area contributed by atoms with E-state index in [1.807, 2.05) is 38.0 Å². The summed E-state index contributed by atoms with van der Waals surface area (Å²) in [5, 5.41) is 2.86. The van der Waals surface area contributed by atoms with Crippen molar-refractivity contribution in [2.24, 2.45) is 0 Å². The molecule has 1 N–H and O–H groups in total. The number of hydrogen-bond acceptors (Lipinski definition) is 4. The number of Topliss-reactive ketones (excluding diaryl/α,β-unsaturated/α-hetero) is 1. The first-order chi connectivity index (χ1) is 8.41. The summed E-state index contributed by atoms with van der Waals surface area (Å²) in [6, 6.07) is 0. The molecule has 0 unspecified atom stereocenters. The SMILES string of the molecule is CN(C)CC(=O)CCCCCNC(=O)CN(C)C. The Kier molecular flexibility index (Phi) is 9.50. The Bertz CT molecular complexity index is 227. The van der Waals surface area contributed by atoms with Crippen LogP contribution < -0.4 is 5.32 Å². The van der Waals surface area contributed by atoms with E-state index in [0.29, 0.717) is 26.1 Å². The fraction of sp³-hybridized carbons (Fsp3) is 0.846. The Morgan fingerprint density at radius 2 is 1.50 bits per heavy atom. The molecule has 0 spiro atoms. The van der Waals surface area contributed by atoms with Crippen molar-refractivity contribution < 1.29 is 9.59 Å². The molecule has 5 heteroatoms. The van der Waals surface area contributed by atoms with Crippen molar-refractivity contribution in [3.63, 3.8) is 0 Å². The monoisotopic (exact) mass is 257 g/mol. The number of hydrogen-bond donors (Lipinski definition) is 1. The summed E-state index contributed by atoms with van der Waals surface area (Å²) in [5.74, 6) is 0.348. The minimum Gasteiger partial charge on any atom is -0.355 e. The first kappa shape index (κ1) is 17.1. The Hall–Kier alpha value is -0.940. The number of nitrogens with zero attached hydrogens (tertiary/aromatic N) is 2. The van der Waals surface area contributed by atoms with Crippen LogP contribution in [-0.2, 0) is 9.59 Å². The molecule has 0 aliphatic rings. The molecule has 0 bridgehead atoms. The molecule has 0 aliphatic carbocycles. The summed E-state index contributed by atoms with van der Waals surface area (Å²) in [4.78, 5) is 26.4. The summed E-state index contributed by atoms with van der Waals surface area (Å²) in [6.45, 7) is 1.66. The van der Waals surface area contributed by atoms with Gasteiger partial charge in [0.1, 0.15) is 5.78 Å². The van der Waals surface area contributed by atoms with Crippen molar-refractivity contribution in [2.45, 2.75) is 25.7 Å². The van der Waals surface area contributed by atoms with E-state index in [0.717, 1.165) is 19.3 Å². The summed E-state index contributed by atoms with van der Waals surface area (Å²) in [6.07, 6.45) is 3.48. The summed E-state index contributed by atoms with van der Waals surface area (Å²) >= 11 is 0. The lowest BCUT2D eigenvalue weighted by Crippen LogP contribution is -2.33. The minimum atomic E-state index is 0.0590. The maximum atomic E-state index is 11.4. The molecular weight excluding hydrogens is 230 g/mol. The molecule has 106 valence electrons. The van der Waals surface area contributed by atoms with Crippen molar-refractivity contribution in [1.29, 1.82) is 0 Å². The molecule has 0 saturated heterocycles. The lowest BCUT2D eigenvalue weighted by Gasteiger charge is -2.10. The molecule has 0 aliphatic heterocycles. The van der Waals surface area contributed by atoms with Crippen LogP contribution in [0.5, 0.6) is 0 Å². The molecule has 0 heterocycles. The highest BCUT2D eigenvalue weighted by Crippen LogP contribution is 2.00. The number of rotatable bonds is 10. The second-order valence-electron chi connectivity index (χ2n) is 5.17. The largest absolute Gasteiger partial charge is 0.355 e. The smallest absolute Gasteiger partial charge is 0.234 e. The maximum absolute atomic E-state index is 11.4. The van der Waals surface area contributed by atoms with E-state index in [1.165, 1.54) is 0 Å². The van der Waals surface area contributed by atoms with Crippen LogP contribution in [-0.4, -0.2) is 69.3 Å². The standard InChI is InChI=1S/C13H27N3O2/c1-15(2)10-12(17)8-6-5-7-9-14-13(18)11-16(3)4/h5-11H2,1-4H3,(H,14,18). The molecule has 18 heavy (non-hydrogen) atoms. The molecule has 0 aromatic rings. The fourth-order valence-electron chi connectivity index (χ4n) is 1.63. The molecule has 0 saturated carbocycles. The van der Waals surface area contributed by atoms with Crippen LogP contribution in [0, 0.1) is 0 Å². The molecule has 1 amide bonds. The number of amides is 1. The maximum Gasteiger partial charge on any atom is 0.234 e. The number of nitrogens with one attached hydrogen (secondary N) is 1. The molecule has 5 nitrogen and oxygen atoms in total. The van der Waals surface area contributed by atoms with E-state index in [-0.39, 0.29) is 11.7 Å². The Balaban J connectivity index is 3.36. The molecule has 0 radical (unpaired) electrons. The zero-order chi connectivity index (χ0) is 14.0. The van der Waals surface area contributed by atoms with E-state index < -0.39 is 0 Å². The van der Waals surface area contributed by atoms with Gasteiger partial charge < -0.3 is 15.1 Å². The highest BCUT2D eigenvalue weighted by atomic mass is 16.2. The van der Waals surface area contributed by atoms with Crippen LogP contribution in [0.25, 0.3) is 0 Å². The second kappa shape index (κ2) is 10.0. The molecule has 0 fully saturated rings. The van der Waals surface area contributed by atoms with Gasteiger partial charge in [-0.25, -0.2) is 0 Å². The summed E-state index contributed by atoms with van der Waals surface area (Å²) in [5.41, 5.74) is 0. The number of unbranched alkanes of at least 4 members (excludes halogenated alkanes) is 2. The third-order valence-corrected chi connectivity index (χ3v) is 2.41. The van der Waals surface area contributed by atoms with Gasteiger partial charge >= 0.3 is 0 Å². The van der Waals surface area contributed by atoms with E-state index in [2.05, 4.69) is 5.32 Å². The third kappa shape index (κ3) is 11.5. The highest BCUT2D eigenvalue weighted by Gasteiger charge is 2.04. The number of carbonyl (C=O) groups is 2. The number of likely N-dealkylation sites (N-methyl/N-ethyl adjacent to an activating group) is 2. The molecule has 0 aromatic heterocycles. The minimum absolute atomic E-state index is 0.0590. The predicted octanol–water partition coefficient (Wildman–Crippen LogP) is 0.355. The van der Waals surface area contributed by atoms with Gasteiger partial charge in [-0.05, 0) is 41.0 Å². The van der Waals surface area contributed by atoms with Gasteiger partial charge in [0.05, 0.1) is 13.1 Å². The van der Waals surface area contributed by atoms with Gasteiger partial charge in [-0.1, -0.05) is 6.42 Å². The van der Waals surface area contributed by atoms with Crippen molar-refractivity contribution in [3.8, 4) is 0 Å². The number of carbonyl (C=O) groups excluding carboxylic acids is 2. The third-order valence-electron chi connectivity index (χ3n) is 2.41. The lowest BCUT2D eigenvalue weighted by atomic mass is 10.1. The molecule has 0 aromatic carbocycles. The topological polar surface area (TPSA) is 52.7 Å². The molecule has 0 atom stereocenters. The Morgan fingerprint density at radius 1 is 0.889 bits per heavy atom. The Morgan fingerprint density at radius 3 is 2.06 bits per heavy atom. The summed E-state index contributed by atoms with van der Waals surface area (Å²) in [7, 11) is 7.54. The fourth-order valence-corrected chi connectivity index (χ4v) is 1.63. The average Bonchev–Trinajstić information content (AvgIpc) is 2.20. The van der Waals surface area contributed by atoms with Gasteiger partial charge in [-0.3, -0.25) is 9.59 Å². The average molecular weight is 257 g/mol. The molecule has 0 rings (SSSR count). The first-order valence-corrected chi connectivity index (χ1v) is 6.49. The van der Waals surface area contributed by atoms with E-state index in [4.69, 9.17) is 0 Å². The van der Waals surface area contributed by atoms with Gasteiger partial charge in [0.25, 0.3) is 0 Å². The van der Waals surface area contributed by atoms with Crippen LogP contribution in [0.15, 0.2) is 0 Å². The van der Waals surface area contributed by atoms with Gasteiger partial charge in [0, 0.05) is 13.0 Å². The van der Waals surface area contributed by atoms with Crippen molar-refractivity contribution >= 4 is 11.7 Å². The number of ketones is 1.